The summed E-state index contributed by atoms with van der Waals surface area (Å²) < 4.78 is 4.95. The van der Waals surface area contributed by atoms with Crippen molar-refractivity contribution >= 4 is 5.91 Å². The molecule has 0 bridgehead atoms. The summed E-state index contributed by atoms with van der Waals surface area (Å²) in [5.74, 6) is 0.000579. The molecule has 1 unspecified atom stereocenters. The van der Waals surface area contributed by atoms with Gasteiger partial charge in [0.05, 0.1) is 0 Å². The van der Waals surface area contributed by atoms with Crippen LogP contribution in [0.1, 0.15) is 39.5 Å². The van der Waals surface area contributed by atoms with Crippen molar-refractivity contribution in [1.29, 1.82) is 0 Å². The zero-order chi connectivity index (χ0) is 10.6. The molecule has 3 heteroatoms. The molecule has 0 heterocycles. The minimum Gasteiger partial charge on any atom is -0.372 e. The van der Waals surface area contributed by atoms with Crippen LogP contribution in [0, 0.1) is 5.41 Å². The van der Waals surface area contributed by atoms with Crippen molar-refractivity contribution in [2.45, 2.75) is 45.6 Å². The Morgan fingerprint density at radius 1 is 1.50 bits per heavy atom. The fraction of sp³-hybridized carbons (Fsp3) is 0.909. The van der Waals surface area contributed by atoms with E-state index in [9.17, 15) is 4.79 Å². The fourth-order valence-corrected chi connectivity index (χ4v) is 1.96. The van der Waals surface area contributed by atoms with Gasteiger partial charge in [0.2, 0.25) is 5.91 Å². The monoisotopic (exact) mass is 199 g/mol. The van der Waals surface area contributed by atoms with Crippen LogP contribution in [0.5, 0.6) is 0 Å². The van der Waals surface area contributed by atoms with Gasteiger partial charge in [-0.25, -0.2) is 0 Å². The van der Waals surface area contributed by atoms with Gasteiger partial charge < -0.3 is 10.1 Å². The maximum atomic E-state index is 11.4. The van der Waals surface area contributed by atoms with Gasteiger partial charge >= 0.3 is 0 Å². The van der Waals surface area contributed by atoms with Gasteiger partial charge in [0.15, 0.2) is 0 Å². The van der Waals surface area contributed by atoms with E-state index in [1.165, 1.54) is 25.7 Å². The average Bonchev–Trinajstić information content (AvgIpc) is 2.61. The third-order valence-electron chi connectivity index (χ3n) is 3.22. The molecule has 0 spiro atoms. The second-order valence-corrected chi connectivity index (χ2v) is 4.61. The van der Waals surface area contributed by atoms with Crippen molar-refractivity contribution in [3.63, 3.8) is 0 Å². The summed E-state index contributed by atoms with van der Waals surface area (Å²) in [6.45, 7) is 4.81. The lowest BCUT2D eigenvalue weighted by Crippen LogP contribution is -2.39. The van der Waals surface area contributed by atoms with Crippen molar-refractivity contribution in [2.75, 3.05) is 13.7 Å². The molecule has 0 aromatic heterocycles. The number of nitrogens with one attached hydrogen (secondary N) is 1. The smallest absolute Gasteiger partial charge is 0.248 e. The van der Waals surface area contributed by atoms with Crippen molar-refractivity contribution in [3.8, 4) is 0 Å². The Bertz CT molecular complexity index is 197. The van der Waals surface area contributed by atoms with Crippen molar-refractivity contribution in [3.05, 3.63) is 0 Å². The van der Waals surface area contributed by atoms with E-state index in [-0.39, 0.29) is 12.0 Å². The van der Waals surface area contributed by atoms with Crippen LogP contribution in [0.15, 0.2) is 0 Å². The Labute approximate surface area is 86.2 Å². The molecule has 1 aliphatic rings. The van der Waals surface area contributed by atoms with Gasteiger partial charge in [-0.05, 0) is 25.2 Å². The Hall–Kier alpha value is -0.570. The second-order valence-electron chi connectivity index (χ2n) is 4.61. The van der Waals surface area contributed by atoms with E-state index in [2.05, 4.69) is 12.2 Å². The molecule has 1 fully saturated rings. The van der Waals surface area contributed by atoms with Gasteiger partial charge in [0.25, 0.3) is 0 Å². The summed E-state index contributed by atoms with van der Waals surface area (Å²) in [4.78, 5) is 11.4. The Balaban J connectivity index is 2.29. The Morgan fingerprint density at radius 3 is 2.57 bits per heavy atom. The van der Waals surface area contributed by atoms with Crippen LogP contribution in [-0.4, -0.2) is 25.7 Å². The first-order chi connectivity index (χ1) is 6.57. The molecule has 14 heavy (non-hydrogen) atoms. The minimum absolute atomic E-state index is 0.000579. The molecule has 3 nitrogen and oxygen atoms in total. The number of rotatable bonds is 4. The number of carbonyl (C=O) groups excluding carboxylic acids is 1. The quantitative estimate of drug-likeness (QED) is 0.748. The lowest BCUT2D eigenvalue weighted by atomic mass is 9.89. The molecule has 1 rings (SSSR count). The van der Waals surface area contributed by atoms with Crippen LogP contribution in [0.2, 0.25) is 0 Å². The first-order valence-corrected chi connectivity index (χ1v) is 5.38. The van der Waals surface area contributed by atoms with E-state index in [1.807, 2.05) is 0 Å². The molecule has 1 aliphatic carbocycles. The zero-order valence-electron chi connectivity index (χ0n) is 9.43. The highest BCUT2D eigenvalue weighted by molar-refractivity contribution is 5.80. The van der Waals surface area contributed by atoms with E-state index in [1.54, 1.807) is 14.0 Å². The van der Waals surface area contributed by atoms with Crippen molar-refractivity contribution in [1.82, 2.24) is 5.32 Å². The Morgan fingerprint density at radius 2 is 2.07 bits per heavy atom. The fourth-order valence-electron chi connectivity index (χ4n) is 1.96. The number of hydrogen-bond acceptors (Lipinski definition) is 2. The molecule has 82 valence electrons. The lowest BCUT2D eigenvalue weighted by Gasteiger charge is -2.24. The lowest BCUT2D eigenvalue weighted by molar-refractivity contribution is -0.130. The van der Waals surface area contributed by atoms with Crippen LogP contribution in [0.25, 0.3) is 0 Å². The third-order valence-corrected chi connectivity index (χ3v) is 3.22. The molecule has 1 amide bonds. The summed E-state index contributed by atoms with van der Waals surface area (Å²) >= 11 is 0. The molecule has 0 aromatic carbocycles. The van der Waals surface area contributed by atoms with Gasteiger partial charge in [-0.2, -0.15) is 0 Å². The van der Waals surface area contributed by atoms with Crippen LogP contribution < -0.4 is 5.32 Å². The van der Waals surface area contributed by atoms with Crippen LogP contribution in [0.3, 0.4) is 0 Å². The second kappa shape index (κ2) is 4.78. The van der Waals surface area contributed by atoms with Crippen molar-refractivity contribution < 1.29 is 9.53 Å². The van der Waals surface area contributed by atoms with Gasteiger partial charge in [-0.1, -0.05) is 19.8 Å². The minimum atomic E-state index is -0.333. The predicted molar refractivity (Wildman–Crippen MR) is 56.1 cm³/mol. The molecule has 1 saturated carbocycles. The summed E-state index contributed by atoms with van der Waals surface area (Å²) in [5, 5.41) is 2.95. The van der Waals surface area contributed by atoms with Crippen LogP contribution in [-0.2, 0) is 9.53 Å². The van der Waals surface area contributed by atoms with Gasteiger partial charge in [0, 0.05) is 13.7 Å². The van der Waals surface area contributed by atoms with E-state index < -0.39 is 0 Å². The van der Waals surface area contributed by atoms with Crippen molar-refractivity contribution in [2.24, 2.45) is 5.41 Å². The third kappa shape index (κ3) is 2.98. The summed E-state index contributed by atoms with van der Waals surface area (Å²) in [5.41, 5.74) is 0.323. The number of amides is 1. The summed E-state index contributed by atoms with van der Waals surface area (Å²) in [6, 6.07) is 0. The molecule has 1 N–H and O–H groups in total. The molecule has 1 atom stereocenters. The summed E-state index contributed by atoms with van der Waals surface area (Å²) in [7, 11) is 1.56. The molecule has 0 aliphatic heterocycles. The van der Waals surface area contributed by atoms with E-state index >= 15 is 0 Å². The zero-order valence-corrected chi connectivity index (χ0v) is 9.43. The normalized spacial score (nSPS) is 21.9. The largest absolute Gasteiger partial charge is 0.372 e. The maximum absolute atomic E-state index is 11.4. The number of carbonyl (C=O) groups is 1. The maximum Gasteiger partial charge on any atom is 0.248 e. The molecule has 0 saturated heterocycles. The van der Waals surface area contributed by atoms with Gasteiger partial charge in [-0.15, -0.1) is 0 Å². The molecule has 0 aromatic rings. The van der Waals surface area contributed by atoms with Crippen LogP contribution >= 0.6 is 0 Å². The topological polar surface area (TPSA) is 38.3 Å². The Kier molecular flexibility index (Phi) is 3.93. The van der Waals surface area contributed by atoms with Gasteiger partial charge in [0.1, 0.15) is 6.10 Å². The highest BCUT2D eigenvalue weighted by atomic mass is 16.5. The highest BCUT2D eigenvalue weighted by Gasteiger charge is 2.29. The van der Waals surface area contributed by atoms with E-state index in [0.717, 1.165) is 6.54 Å². The number of methoxy groups -OCH3 is 1. The van der Waals surface area contributed by atoms with E-state index in [4.69, 9.17) is 4.74 Å². The van der Waals surface area contributed by atoms with Gasteiger partial charge in [-0.3, -0.25) is 4.79 Å². The first-order valence-electron chi connectivity index (χ1n) is 5.38. The first kappa shape index (κ1) is 11.5. The van der Waals surface area contributed by atoms with E-state index in [0.29, 0.717) is 5.41 Å². The standard InChI is InChI=1S/C11H21NO2/c1-9(14-3)10(13)12-8-11(2)6-4-5-7-11/h9H,4-8H2,1-3H3,(H,12,13). The molecule has 0 radical (unpaired) electrons. The van der Waals surface area contributed by atoms with Crippen LogP contribution in [0.4, 0.5) is 0 Å². The predicted octanol–water partition coefficient (Wildman–Crippen LogP) is 1.72. The average molecular weight is 199 g/mol. The molecular formula is C11H21NO2. The highest BCUT2D eigenvalue weighted by Crippen LogP contribution is 2.36. The SMILES string of the molecule is COC(C)C(=O)NCC1(C)CCCC1. The number of ether oxygens (including phenoxy) is 1. The summed E-state index contributed by atoms with van der Waals surface area (Å²) in [6.07, 6.45) is 4.72. The number of hydrogen-bond donors (Lipinski definition) is 1. The molecular weight excluding hydrogens is 178 g/mol.